The SMILES string of the molecule is COc1cc(C[n+]2nn(C)c3c2C(C)(C)[C@@H]2CC[C@]4(C)[C@H](CC[C@@H]5[C@H]6[C@H]7OC[C@@]6(CCC7(C)C)CC[C@]54C)[C@@]2(C)C3)cc(OC)c1OC. The summed E-state index contributed by atoms with van der Waals surface area (Å²) in [5, 5.41) is 5.21. The van der Waals surface area contributed by atoms with Crippen LogP contribution in [0.3, 0.4) is 0 Å². The molecule has 264 valence electrons. The second-order valence-corrected chi connectivity index (χ2v) is 19.2. The Labute approximate surface area is 289 Å². The Morgan fingerprint density at radius 2 is 1.52 bits per heavy atom. The van der Waals surface area contributed by atoms with Crippen LogP contribution in [0, 0.1) is 50.7 Å². The number of aromatic nitrogens is 3. The lowest BCUT2D eigenvalue weighted by molar-refractivity contribution is -0.757. The Bertz CT molecular complexity index is 1600. The van der Waals surface area contributed by atoms with E-state index in [0.717, 1.165) is 30.4 Å². The smallest absolute Gasteiger partial charge is 0.203 e. The van der Waals surface area contributed by atoms with Gasteiger partial charge in [-0.2, -0.15) is 0 Å². The fourth-order valence-electron chi connectivity index (χ4n) is 14.3. The molecule has 1 aromatic carbocycles. The minimum Gasteiger partial charge on any atom is -0.493 e. The molecule has 0 unspecified atom stereocenters. The molecule has 6 aliphatic rings. The monoisotopic (exact) mass is 660 g/mol. The third kappa shape index (κ3) is 4.03. The van der Waals surface area contributed by atoms with Crippen LogP contribution in [0.4, 0.5) is 0 Å². The quantitative estimate of drug-likeness (QED) is 0.308. The van der Waals surface area contributed by atoms with Crippen LogP contribution < -0.4 is 18.9 Å². The molecule has 0 spiro atoms. The van der Waals surface area contributed by atoms with Crippen molar-refractivity contribution in [2.45, 2.75) is 124 Å². The molecular formula is C41H62N3O4+. The van der Waals surface area contributed by atoms with Gasteiger partial charge in [0, 0.05) is 17.4 Å². The number of rotatable bonds is 5. The van der Waals surface area contributed by atoms with E-state index in [1.807, 2.05) is 0 Å². The van der Waals surface area contributed by atoms with Gasteiger partial charge in [0.1, 0.15) is 13.6 Å². The molecule has 4 saturated carbocycles. The van der Waals surface area contributed by atoms with E-state index in [4.69, 9.17) is 24.2 Å². The van der Waals surface area contributed by atoms with Crippen LogP contribution in [-0.4, -0.2) is 43.9 Å². The maximum absolute atomic E-state index is 6.83. The van der Waals surface area contributed by atoms with Gasteiger partial charge in [0.25, 0.3) is 0 Å². The number of hydrogen-bond acceptors (Lipinski definition) is 5. The maximum atomic E-state index is 6.83. The van der Waals surface area contributed by atoms with E-state index in [9.17, 15) is 0 Å². The molecule has 9 atom stereocenters. The van der Waals surface area contributed by atoms with Crippen molar-refractivity contribution in [1.82, 2.24) is 9.90 Å². The van der Waals surface area contributed by atoms with Gasteiger partial charge in [0.05, 0.1) is 39.3 Å². The number of benzene rings is 1. The highest BCUT2D eigenvalue weighted by atomic mass is 16.5. The fraction of sp³-hybridized carbons (Fsp3) is 0.805. The zero-order valence-corrected chi connectivity index (χ0v) is 31.8. The van der Waals surface area contributed by atoms with Crippen LogP contribution in [-0.2, 0) is 30.2 Å². The summed E-state index contributed by atoms with van der Waals surface area (Å²) in [5.74, 6) is 4.83. The first-order valence-electron chi connectivity index (χ1n) is 19.0. The summed E-state index contributed by atoms with van der Waals surface area (Å²) in [6.07, 6.45) is 12.4. The molecule has 2 heterocycles. The summed E-state index contributed by atoms with van der Waals surface area (Å²) in [6, 6.07) is 4.14. The third-order valence-electron chi connectivity index (χ3n) is 16.7. The Hall–Kier alpha value is -2.28. The lowest BCUT2D eigenvalue weighted by Crippen LogP contribution is -2.68. The number of nitrogens with zero attached hydrogens (tertiary/aromatic N) is 3. The molecule has 7 nitrogen and oxygen atoms in total. The lowest BCUT2D eigenvalue weighted by Gasteiger charge is -2.72. The zero-order chi connectivity index (χ0) is 34.2. The molecule has 0 N–H and O–H groups in total. The lowest BCUT2D eigenvalue weighted by atomic mass is 9.31. The standard InChI is InChI=1S/C41H62N3O4/c1-36(2)16-18-41-19-17-39(6)26(32(41)35(36)48-24-41)12-13-31-38(5)22-27-34(37(3,4)30(38)14-15-40(31,39)7)44(42-43(27)8)23-25-20-28(45-9)33(47-11)29(21-25)46-10/h20-21,26,30-32,35H,12-19,22-24H2,1-11H3/q+1/t26-,30+,31-,32+,35-,38+,39-,40-,41-/m1/s1. The molecule has 0 amide bonds. The summed E-state index contributed by atoms with van der Waals surface area (Å²) in [5.41, 5.74) is 5.58. The summed E-state index contributed by atoms with van der Waals surface area (Å²) in [6.45, 7) is 20.0. The van der Waals surface area contributed by atoms with Crippen molar-refractivity contribution in [3.05, 3.63) is 29.1 Å². The molecule has 5 fully saturated rings. The molecule has 1 aliphatic heterocycles. The number of ether oxygens (including phenoxy) is 4. The summed E-state index contributed by atoms with van der Waals surface area (Å²) in [7, 11) is 7.20. The van der Waals surface area contributed by atoms with Crippen molar-refractivity contribution < 1.29 is 23.6 Å². The molecular weight excluding hydrogens is 598 g/mol. The number of hydrogen-bond donors (Lipinski definition) is 0. The van der Waals surface area contributed by atoms with Gasteiger partial charge in [0.2, 0.25) is 5.75 Å². The summed E-state index contributed by atoms with van der Waals surface area (Å²) in [4.78, 5) is 0. The van der Waals surface area contributed by atoms with Gasteiger partial charge in [0.15, 0.2) is 22.9 Å². The van der Waals surface area contributed by atoms with Crippen molar-refractivity contribution in [3.63, 3.8) is 0 Å². The predicted molar refractivity (Wildman–Crippen MR) is 187 cm³/mol. The molecule has 8 rings (SSSR count). The normalized spacial score (nSPS) is 41.7. The second kappa shape index (κ2) is 10.4. The fourth-order valence-corrected chi connectivity index (χ4v) is 14.3. The number of methoxy groups -OCH3 is 3. The molecule has 1 saturated heterocycles. The van der Waals surface area contributed by atoms with E-state index in [1.54, 1.807) is 21.3 Å². The molecule has 1 aromatic heterocycles. The molecule has 0 radical (unpaired) electrons. The first-order valence-corrected chi connectivity index (χ1v) is 19.0. The zero-order valence-electron chi connectivity index (χ0n) is 31.8. The Morgan fingerprint density at radius 3 is 2.19 bits per heavy atom. The van der Waals surface area contributed by atoms with Crippen LogP contribution in [0.2, 0.25) is 0 Å². The van der Waals surface area contributed by atoms with Gasteiger partial charge in [-0.1, -0.05) is 48.5 Å². The van der Waals surface area contributed by atoms with Crippen LogP contribution in [0.1, 0.15) is 117 Å². The van der Waals surface area contributed by atoms with Crippen molar-refractivity contribution in [3.8, 4) is 17.2 Å². The second-order valence-electron chi connectivity index (χ2n) is 19.2. The Balaban J connectivity index is 1.15. The van der Waals surface area contributed by atoms with Crippen LogP contribution >= 0.6 is 0 Å². The minimum atomic E-state index is -0.00666. The van der Waals surface area contributed by atoms with Gasteiger partial charge < -0.3 is 18.9 Å². The minimum absolute atomic E-state index is 0.00666. The van der Waals surface area contributed by atoms with Crippen LogP contribution in [0.5, 0.6) is 17.2 Å². The molecule has 2 bridgehead atoms. The van der Waals surface area contributed by atoms with Gasteiger partial charge in [-0.05, 0) is 114 Å². The Kier molecular flexibility index (Phi) is 7.12. The van der Waals surface area contributed by atoms with Crippen molar-refractivity contribution in [2.75, 3.05) is 27.9 Å². The van der Waals surface area contributed by atoms with E-state index < -0.39 is 0 Å². The topological polar surface area (TPSA) is 58.6 Å². The summed E-state index contributed by atoms with van der Waals surface area (Å²) >= 11 is 0. The average molecular weight is 661 g/mol. The van der Waals surface area contributed by atoms with Crippen molar-refractivity contribution in [2.24, 2.45) is 57.8 Å². The first-order chi connectivity index (χ1) is 22.6. The predicted octanol–water partition coefficient (Wildman–Crippen LogP) is 7.69. The highest BCUT2D eigenvalue weighted by Gasteiger charge is 2.73. The van der Waals surface area contributed by atoms with E-state index in [2.05, 4.69) is 77.0 Å². The van der Waals surface area contributed by atoms with Gasteiger partial charge in [-0.15, -0.1) is 9.36 Å². The van der Waals surface area contributed by atoms with Crippen LogP contribution in [0.25, 0.3) is 0 Å². The first kappa shape index (κ1) is 32.9. The van der Waals surface area contributed by atoms with E-state index >= 15 is 0 Å². The van der Waals surface area contributed by atoms with E-state index in [-0.39, 0.29) is 10.8 Å². The van der Waals surface area contributed by atoms with Crippen molar-refractivity contribution >= 4 is 0 Å². The van der Waals surface area contributed by atoms with E-state index in [0.29, 0.717) is 63.4 Å². The van der Waals surface area contributed by atoms with Gasteiger partial charge >= 0.3 is 0 Å². The average Bonchev–Trinajstić information content (AvgIpc) is 3.54. The van der Waals surface area contributed by atoms with Gasteiger partial charge in [-0.25, -0.2) is 0 Å². The largest absolute Gasteiger partial charge is 0.493 e. The highest BCUT2D eigenvalue weighted by molar-refractivity contribution is 5.53. The third-order valence-corrected chi connectivity index (χ3v) is 16.7. The van der Waals surface area contributed by atoms with Crippen molar-refractivity contribution in [1.29, 1.82) is 0 Å². The molecule has 7 heteroatoms. The molecule has 2 aromatic rings. The van der Waals surface area contributed by atoms with Crippen LogP contribution in [0.15, 0.2) is 12.1 Å². The number of fused-ring (bicyclic) bond motifs is 6. The maximum Gasteiger partial charge on any atom is 0.203 e. The summed E-state index contributed by atoms with van der Waals surface area (Å²) < 4.78 is 28.4. The Morgan fingerprint density at radius 1 is 0.833 bits per heavy atom. The highest BCUT2D eigenvalue weighted by Crippen LogP contribution is 2.77. The molecule has 5 aliphatic carbocycles. The number of aryl methyl sites for hydroxylation is 1. The molecule has 48 heavy (non-hydrogen) atoms. The van der Waals surface area contributed by atoms with Gasteiger partial charge in [-0.3, -0.25) is 0 Å². The van der Waals surface area contributed by atoms with E-state index in [1.165, 1.54) is 62.8 Å².